The number of carboxylic acids is 1. The standard InChI is InChI=1S/C11H16N2O5S2/c12-20(17,18)10-6-8(7-19-10)11(16)13-5-3-1-2-4-9(14)15/h6-7H,1-5H2,(H,13,16)(H,14,15)(H2,12,17,18). The van der Waals surface area contributed by atoms with E-state index < -0.39 is 16.0 Å². The van der Waals surface area contributed by atoms with Crippen LogP contribution in [0.2, 0.25) is 0 Å². The van der Waals surface area contributed by atoms with Gasteiger partial charge in [-0.15, -0.1) is 11.3 Å². The molecule has 7 nitrogen and oxygen atoms in total. The molecule has 1 aromatic rings. The number of nitrogens with one attached hydrogen (secondary N) is 1. The molecule has 0 bridgehead atoms. The Hall–Kier alpha value is -1.45. The smallest absolute Gasteiger partial charge is 0.303 e. The molecule has 4 N–H and O–H groups in total. The van der Waals surface area contributed by atoms with Crippen molar-refractivity contribution < 1.29 is 23.1 Å². The number of rotatable bonds is 8. The number of hydrogen-bond donors (Lipinski definition) is 3. The molecular formula is C11H16N2O5S2. The monoisotopic (exact) mass is 320 g/mol. The van der Waals surface area contributed by atoms with Gasteiger partial charge in [-0.2, -0.15) is 0 Å². The van der Waals surface area contributed by atoms with Crippen LogP contribution in [0.15, 0.2) is 15.7 Å². The number of aliphatic carboxylic acids is 1. The topological polar surface area (TPSA) is 127 Å². The third-order valence-electron chi connectivity index (χ3n) is 2.47. The molecular weight excluding hydrogens is 304 g/mol. The van der Waals surface area contributed by atoms with Gasteiger partial charge in [-0.3, -0.25) is 9.59 Å². The first-order chi connectivity index (χ1) is 9.30. The Kier molecular flexibility index (Phi) is 6.11. The van der Waals surface area contributed by atoms with Crippen LogP contribution in [-0.2, 0) is 14.8 Å². The van der Waals surface area contributed by atoms with E-state index in [0.717, 1.165) is 11.3 Å². The predicted octanol–water partition coefficient (Wildman–Crippen LogP) is 0.770. The van der Waals surface area contributed by atoms with E-state index in [-0.39, 0.29) is 22.1 Å². The lowest BCUT2D eigenvalue weighted by atomic mass is 10.2. The second kappa shape index (κ2) is 7.36. The number of amides is 1. The second-order valence-electron chi connectivity index (χ2n) is 4.16. The molecule has 1 rings (SSSR count). The molecule has 0 aliphatic heterocycles. The van der Waals surface area contributed by atoms with E-state index in [9.17, 15) is 18.0 Å². The number of carboxylic acid groups (broad SMARTS) is 1. The van der Waals surface area contributed by atoms with E-state index in [4.69, 9.17) is 10.2 Å². The Labute approximate surface area is 120 Å². The summed E-state index contributed by atoms with van der Waals surface area (Å²) in [4.78, 5) is 22.0. The molecule has 0 unspecified atom stereocenters. The number of carbonyl (C=O) groups excluding carboxylic acids is 1. The van der Waals surface area contributed by atoms with Crippen molar-refractivity contribution in [2.24, 2.45) is 5.14 Å². The normalized spacial score (nSPS) is 11.2. The van der Waals surface area contributed by atoms with Gasteiger partial charge in [0.25, 0.3) is 5.91 Å². The van der Waals surface area contributed by atoms with Gasteiger partial charge in [-0.1, -0.05) is 6.42 Å². The molecule has 0 saturated carbocycles. The zero-order valence-corrected chi connectivity index (χ0v) is 12.3. The maximum absolute atomic E-state index is 11.7. The van der Waals surface area contributed by atoms with Crippen LogP contribution < -0.4 is 10.5 Å². The van der Waals surface area contributed by atoms with Gasteiger partial charge < -0.3 is 10.4 Å². The van der Waals surface area contributed by atoms with Gasteiger partial charge in [0.1, 0.15) is 4.21 Å². The highest BCUT2D eigenvalue weighted by Crippen LogP contribution is 2.18. The highest BCUT2D eigenvalue weighted by molar-refractivity contribution is 7.91. The molecule has 0 spiro atoms. The van der Waals surface area contributed by atoms with Crippen molar-refractivity contribution in [3.05, 3.63) is 17.0 Å². The summed E-state index contributed by atoms with van der Waals surface area (Å²) in [6.45, 7) is 0.416. The Bertz CT molecular complexity index is 579. The van der Waals surface area contributed by atoms with Crippen LogP contribution in [0.5, 0.6) is 0 Å². The van der Waals surface area contributed by atoms with E-state index in [1.807, 2.05) is 0 Å². The Morgan fingerprint density at radius 2 is 2.00 bits per heavy atom. The van der Waals surface area contributed by atoms with Crippen molar-refractivity contribution in [1.82, 2.24) is 5.32 Å². The predicted molar refractivity (Wildman–Crippen MR) is 74.1 cm³/mol. The van der Waals surface area contributed by atoms with Crippen LogP contribution in [0.1, 0.15) is 36.0 Å². The van der Waals surface area contributed by atoms with Gasteiger partial charge >= 0.3 is 5.97 Å². The van der Waals surface area contributed by atoms with Crippen LogP contribution in [0, 0.1) is 0 Å². The lowest BCUT2D eigenvalue weighted by Gasteiger charge is -2.03. The van der Waals surface area contributed by atoms with E-state index in [0.29, 0.717) is 25.8 Å². The molecule has 0 saturated heterocycles. The molecule has 0 radical (unpaired) electrons. The van der Waals surface area contributed by atoms with Crippen molar-refractivity contribution >= 4 is 33.2 Å². The molecule has 0 fully saturated rings. The van der Waals surface area contributed by atoms with Gasteiger partial charge in [0.2, 0.25) is 10.0 Å². The second-order valence-corrected chi connectivity index (χ2v) is 6.86. The maximum atomic E-state index is 11.7. The molecule has 20 heavy (non-hydrogen) atoms. The number of carbonyl (C=O) groups is 2. The average Bonchev–Trinajstić information content (AvgIpc) is 2.82. The largest absolute Gasteiger partial charge is 0.481 e. The lowest BCUT2D eigenvalue weighted by Crippen LogP contribution is -2.24. The van der Waals surface area contributed by atoms with Crippen LogP contribution in [0.4, 0.5) is 0 Å². The van der Waals surface area contributed by atoms with Crippen molar-refractivity contribution in [2.45, 2.75) is 29.9 Å². The highest BCUT2D eigenvalue weighted by Gasteiger charge is 2.14. The molecule has 1 amide bonds. The van der Waals surface area contributed by atoms with Gasteiger partial charge in [-0.05, 0) is 18.9 Å². The van der Waals surface area contributed by atoms with E-state index in [1.165, 1.54) is 11.4 Å². The van der Waals surface area contributed by atoms with Crippen LogP contribution in [0.3, 0.4) is 0 Å². The summed E-state index contributed by atoms with van der Waals surface area (Å²) in [5.74, 6) is -1.20. The summed E-state index contributed by atoms with van der Waals surface area (Å²) in [7, 11) is -3.77. The molecule has 0 aliphatic rings. The summed E-state index contributed by atoms with van der Waals surface area (Å²) in [5, 5.41) is 17.5. The number of unbranched alkanes of at least 4 members (excludes halogenated alkanes) is 2. The Morgan fingerprint density at radius 3 is 2.55 bits per heavy atom. The fourth-order valence-electron chi connectivity index (χ4n) is 1.47. The summed E-state index contributed by atoms with van der Waals surface area (Å²) in [5.41, 5.74) is 0.254. The SMILES string of the molecule is NS(=O)(=O)c1cc(C(=O)NCCCCCC(=O)O)cs1. The summed E-state index contributed by atoms with van der Waals surface area (Å²) >= 11 is 0.896. The maximum Gasteiger partial charge on any atom is 0.303 e. The van der Waals surface area contributed by atoms with Crippen molar-refractivity contribution in [1.29, 1.82) is 0 Å². The number of hydrogen-bond acceptors (Lipinski definition) is 5. The number of sulfonamides is 1. The first-order valence-corrected chi connectivity index (χ1v) is 8.34. The summed E-state index contributed by atoms with van der Waals surface area (Å²) in [6.07, 6.45) is 2.07. The van der Waals surface area contributed by atoms with Crippen LogP contribution in [-0.4, -0.2) is 31.9 Å². The first-order valence-electron chi connectivity index (χ1n) is 5.92. The Morgan fingerprint density at radius 1 is 1.30 bits per heavy atom. The minimum atomic E-state index is -3.77. The van der Waals surface area contributed by atoms with Crippen LogP contribution >= 0.6 is 11.3 Å². The third-order valence-corrected chi connectivity index (χ3v) is 4.86. The molecule has 1 aromatic heterocycles. The zero-order chi connectivity index (χ0) is 15.2. The molecule has 0 aliphatic carbocycles. The van der Waals surface area contributed by atoms with E-state index in [1.54, 1.807) is 0 Å². The summed E-state index contributed by atoms with van der Waals surface area (Å²) < 4.78 is 22.1. The van der Waals surface area contributed by atoms with Gasteiger partial charge in [0, 0.05) is 18.3 Å². The van der Waals surface area contributed by atoms with Gasteiger partial charge in [-0.25, -0.2) is 13.6 Å². The van der Waals surface area contributed by atoms with E-state index >= 15 is 0 Å². The lowest BCUT2D eigenvalue weighted by molar-refractivity contribution is -0.137. The van der Waals surface area contributed by atoms with Crippen molar-refractivity contribution in [3.8, 4) is 0 Å². The molecule has 9 heteroatoms. The van der Waals surface area contributed by atoms with Crippen molar-refractivity contribution in [2.75, 3.05) is 6.54 Å². The van der Waals surface area contributed by atoms with Crippen LogP contribution in [0.25, 0.3) is 0 Å². The quantitative estimate of drug-likeness (QED) is 0.610. The number of thiophene rings is 1. The molecule has 0 atom stereocenters. The minimum Gasteiger partial charge on any atom is -0.481 e. The summed E-state index contributed by atoms with van der Waals surface area (Å²) in [6, 6.07) is 1.24. The Balaban J connectivity index is 2.33. The zero-order valence-electron chi connectivity index (χ0n) is 10.7. The van der Waals surface area contributed by atoms with Gasteiger partial charge in [0.05, 0.1) is 5.56 Å². The highest BCUT2D eigenvalue weighted by atomic mass is 32.2. The molecule has 1 heterocycles. The van der Waals surface area contributed by atoms with Gasteiger partial charge in [0.15, 0.2) is 0 Å². The number of primary sulfonamides is 1. The molecule has 0 aromatic carbocycles. The number of nitrogens with two attached hydrogens (primary N) is 1. The minimum absolute atomic E-state index is 0.0518. The van der Waals surface area contributed by atoms with Crippen molar-refractivity contribution in [3.63, 3.8) is 0 Å². The first kappa shape index (κ1) is 16.6. The van der Waals surface area contributed by atoms with E-state index in [2.05, 4.69) is 5.32 Å². The average molecular weight is 320 g/mol. The fraction of sp³-hybridized carbons (Fsp3) is 0.455. The third kappa shape index (κ3) is 5.68. The molecule has 112 valence electrons. The fourth-order valence-corrected chi connectivity index (χ4v) is 3.05.